The summed E-state index contributed by atoms with van der Waals surface area (Å²) in [7, 11) is 0. The maximum absolute atomic E-state index is 13.0. The molecule has 1 aliphatic rings. The Morgan fingerprint density at radius 3 is 2.32 bits per heavy atom. The number of aliphatic hydroxyl groups excluding tert-OH is 3. The normalized spacial score (nSPS) is 27.1. The van der Waals surface area contributed by atoms with Crippen molar-refractivity contribution in [3.05, 3.63) is 60.4 Å². The monoisotopic (exact) mass is 410 g/mol. The van der Waals surface area contributed by atoms with Crippen molar-refractivity contribution in [3.63, 3.8) is 0 Å². The second-order valence-electron chi connectivity index (χ2n) is 6.03. The van der Waals surface area contributed by atoms with E-state index in [1.54, 1.807) is 30.3 Å². The topological polar surface area (TPSA) is 97.6 Å². The van der Waals surface area contributed by atoms with E-state index >= 15 is 0 Å². The van der Waals surface area contributed by atoms with Gasteiger partial charge in [-0.3, -0.25) is 0 Å². The van der Waals surface area contributed by atoms with Gasteiger partial charge in [0, 0.05) is 12.2 Å². The molecule has 28 heavy (non-hydrogen) atoms. The van der Waals surface area contributed by atoms with Crippen molar-refractivity contribution in [2.75, 3.05) is 6.61 Å². The molecule has 1 heterocycles. The zero-order chi connectivity index (χ0) is 20.1. The predicted molar refractivity (Wildman–Crippen MR) is 99.3 cm³/mol. The van der Waals surface area contributed by atoms with E-state index in [1.807, 2.05) is 0 Å². The molecule has 2 aromatic carbocycles. The van der Waals surface area contributed by atoms with Crippen LogP contribution in [0, 0.1) is 5.82 Å². The molecule has 2 aromatic rings. The first-order chi connectivity index (χ1) is 13.5. The van der Waals surface area contributed by atoms with E-state index in [4.69, 9.17) is 31.2 Å². The summed E-state index contributed by atoms with van der Waals surface area (Å²) >= 11 is 5.03. The number of para-hydroxylation sites is 1. The molecule has 0 amide bonds. The molecule has 1 fully saturated rings. The van der Waals surface area contributed by atoms with Crippen LogP contribution in [0.15, 0.2) is 54.6 Å². The van der Waals surface area contributed by atoms with Crippen LogP contribution in [-0.2, 0) is 9.47 Å². The molecule has 0 unspecified atom stereocenters. The van der Waals surface area contributed by atoms with Gasteiger partial charge in [0.15, 0.2) is 12.2 Å². The maximum atomic E-state index is 13.0. The van der Waals surface area contributed by atoms with Gasteiger partial charge in [0.25, 0.3) is 0 Å². The molecule has 5 atom stereocenters. The van der Waals surface area contributed by atoms with Gasteiger partial charge in [0.1, 0.15) is 29.5 Å². The Kier molecular flexibility index (Phi) is 6.76. The predicted octanol–water partition coefficient (Wildman–Crippen LogP) is 1.39. The van der Waals surface area contributed by atoms with Crippen LogP contribution in [0.25, 0.3) is 0 Å². The van der Waals surface area contributed by atoms with Crippen molar-refractivity contribution >= 4 is 17.5 Å². The van der Waals surface area contributed by atoms with Crippen LogP contribution in [0.3, 0.4) is 0 Å². The Labute approximate surface area is 165 Å². The quantitative estimate of drug-likeness (QED) is 0.637. The van der Waals surface area contributed by atoms with Gasteiger partial charge in [-0.1, -0.05) is 18.2 Å². The Hall–Kier alpha value is -2.30. The Morgan fingerprint density at radius 1 is 1.00 bits per heavy atom. The van der Waals surface area contributed by atoms with Gasteiger partial charge in [0.2, 0.25) is 6.29 Å². The Balaban J connectivity index is 1.70. The molecule has 0 aromatic heterocycles. The summed E-state index contributed by atoms with van der Waals surface area (Å²) in [6.45, 7) is -0.552. The Morgan fingerprint density at radius 2 is 1.68 bits per heavy atom. The molecule has 0 saturated carbocycles. The number of rotatable bonds is 5. The average Bonchev–Trinajstić information content (AvgIpc) is 2.69. The minimum Gasteiger partial charge on any atom is -0.462 e. The van der Waals surface area contributed by atoms with Gasteiger partial charge in [-0.2, -0.15) is 0 Å². The molecule has 1 aliphatic heterocycles. The third kappa shape index (κ3) is 4.94. The highest BCUT2D eigenvalue weighted by atomic mass is 32.1. The highest BCUT2D eigenvalue weighted by Crippen LogP contribution is 2.27. The van der Waals surface area contributed by atoms with Gasteiger partial charge >= 0.3 is 5.24 Å². The van der Waals surface area contributed by atoms with E-state index in [0.29, 0.717) is 5.75 Å². The van der Waals surface area contributed by atoms with Crippen molar-refractivity contribution in [2.24, 2.45) is 0 Å². The summed E-state index contributed by atoms with van der Waals surface area (Å²) in [4.78, 5) is 0. The molecule has 3 N–H and O–H groups in total. The largest absolute Gasteiger partial charge is 0.462 e. The second kappa shape index (κ2) is 9.26. The second-order valence-corrected chi connectivity index (χ2v) is 6.36. The molecule has 0 spiro atoms. The summed E-state index contributed by atoms with van der Waals surface area (Å²) in [6, 6.07) is 13.7. The summed E-state index contributed by atoms with van der Waals surface area (Å²) in [5, 5.41) is 30.0. The molecule has 150 valence electrons. The standard InChI is InChI=1S/C19H19FO7S/c20-11-6-8-13(9-7-11)24-18-16(23)17(15(22)14(10-21)26-18)27-19(28)25-12-4-2-1-3-5-12/h1-9,14-18,21-23H,10H2/t14-,15-,16+,17+,18+/m1/s1. The van der Waals surface area contributed by atoms with Crippen molar-refractivity contribution < 1.29 is 38.7 Å². The van der Waals surface area contributed by atoms with Crippen molar-refractivity contribution in [1.29, 1.82) is 0 Å². The number of aliphatic hydroxyl groups is 3. The SMILES string of the molecule is OC[C@H]1O[C@H](Oc2ccc(F)cc2)[C@@H](O)[C@@H](OC(=S)Oc2ccccc2)[C@@H]1O. The lowest BCUT2D eigenvalue weighted by molar-refractivity contribution is -0.275. The molecular weight excluding hydrogens is 391 g/mol. The van der Waals surface area contributed by atoms with Gasteiger partial charge in [-0.25, -0.2) is 4.39 Å². The van der Waals surface area contributed by atoms with Crippen LogP contribution in [0.4, 0.5) is 4.39 Å². The summed E-state index contributed by atoms with van der Waals surface area (Å²) in [6.07, 6.45) is -6.55. The third-order valence-electron chi connectivity index (χ3n) is 4.06. The molecule has 0 radical (unpaired) electrons. The molecular formula is C19H19FO7S. The smallest absolute Gasteiger partial charge is 0.358 e. The van der Waals surface area contributed by atoms with E-state index < -0.39 is 43.1 Å². The number of benzene rings is 2. The highest BCUT2D eigenvalue weighted by molar-refractivity contribution is 7.79. The maximum Gasteiger partial charge on any atom is 0.358 e. The van der Waals surface area contributed by atoms with Crippen LogP contribution in [0.1, 0.15) is 0 Å². The van der Waals surface area contributed by atoms with E-state index in [0.717, 1.165) is 0 Å². The lowest BCUT2D eigenvalue weighted by Gasteiger charge is -2.41. The molecule has 0 aliphatic carbocycles. The lowest BCUT2D eigenvalue weighted by Crippen LogP contribution is -2.61. The summed E-state index contributed by atoms with van der Waals surface area (Å²) < 4.78 is 34.7. The summed E-state index contributed by atoms with van der Waals surface area (Å²) in [5.41, 5.74) is 0. The zero-order valence-electron chi connectivity index (χ0n) is 14.6. The fraction of sp³-hybridized carbons (Fsp3) is 0.316. The summed E-state index contributed by atoms with van der Waals surface area (Å²) in [5.74, 6) is 0.187. The first kappa shape index (κ1) is 20.4. The van der Waals surface area contributed by atoms with Gasteiger partial charge in [-0.05, 0) is 36.4 Å². The minimum atomic E-state index is -1.47. The van der Waals surface area contributed by atoms with Gasteiger partial charge in [0.05, 0.1) is 6.61 Å². The van der Waals surface area contributed by atoms with E-state index in [1.165, 1.54) is 24.3 Å². The fourth-order valence-corrected chi connectivity index (χ4v) is 2.86. The van der Waals surface area contributed by atoms with Crippen molar-refractivity contribution in [1.82, 2.24) is 0 Å². The van der Waals surface area contributed by atoms with Crippen molar-refractivity contribution in [3.8, 4) is 11.5 Å². The minimum absolute atomic E-state index is 0.223. The molecule has 0 bridgehead atoms. The average molecular weight is 410 g/mol. The number of hydrogen-bond acceptors (Lipinski definition) is 8. The number of thiocarbonyl (C=S) groups is 1. The van der Waals surface area contributed by atoms with Gasteiger partial charge in [-0.15, -0.1) is 0 Å². The van der Waals surface area contributed by atoms with Crippen LogP contribution < -0.4 is 9.47 Å². The molecule has 1 saturated heterocycles. The van der Waals surface area contributed by atoms with Crippen LogP contribution >= 0.6 is 12.2 Å². The molecule has 7 nitrogen and oxygen atoms in total. The Bertz CT molecular complexity index is 774. The van der Waals surface area contributed by atoms with Crippen molar-refractivity contribution in [2.45, 2.75) is 30.7 Å². The van der Waals surface area contributed by atoms with E-state index in [2.05, 4.69) is 0 Å². The fourth-order valence-electron chi connectivity index (χ4n) is 2.66. The van der Waals surface area contributed by atoms with Crippen LogP contribution in [0.5, 0.6) is 11.5 Å². The van der Waals surface area contributed by atoms with E-state index in [-0.39, 0.29) is 11.0 Å². The first-order valence-corrected chi connectivity index (χ1v) is 8.87. The zero-order valence-corrected chi connectivity index (χ0v) is 15.4. The van der Waals surface area contributed by atoms with E-state index in [9.17, 15) is 19.7 Å². The number of halogens is 1. The lowest BCUT2D eigenvalue weighted by atomic mass is 9.99. The third-order valence-corrected chi connectivity index (χ3v) is 4.24. The molecule has 3 rings (SSSR count). The van der Waals surface area contributed by atoms with Crippen LogP contribution in [-0.4, -0.2) is 57.9 Å². The molecule has 9 heteroatoms. The number of hydrogen-bond donors (Lipinski definition) is 3. The highest BCUT2D eigenvalue weighted by Gasteiger charge is 2.47. The van der Waals surface area contributed by atoms with Crippen LogP contribution in [0.2, 0.25) is 0 Å². The first-order valence-electron chi connectivity index (χ1n) is 8.46. The number of ether oxygens (including phenoxy) is 4. The van der Waals surface area contributed by atoms with Gasteiger partial charge < -0.3 is 34.3 Å².